The first-order chi connectivity index (χ1) is 7.43. The van der Waals surface area contributed by atoms with E-state index in [1.54, 1.807) is 0 Å². The average Bonchev–Trinajstić information content (AvgIpc) is 2.75. The van der Waals surface area contributed by atoms with Crippen LogP contribution in [0.15, 0.2) is 17.5 Å². The number of nitrogens with one attached hydrogen (secondary N) is 2. The van der Waals surface area contributed by atoms with Crippen LogP contribution in [0.4, 0.5) is 0 Å². The fraction of sp³-hybridized carbons (Fsp3) is 0.667. The highest BCUT2D eigenvalue weighted by molar-refractivity contribution is 7.09. The quantitative estimate of drug-likeness (QED) is 0.631. The molecule has 0 atom stereocenters. The van der Waals surface area contributed by atoms with Gasteiger partial charge in [-0.2, -0.15) is 0 Å². The molecule has 1 aromatic heterocycles. The highest BCUT2D eigenvalue weighted by Crippen LogP contribution is 2.11. The number of unbranched alkanes of at least 4 members (excludes halogenated alkanes) is 1. The number of hydrogen-bond donors (Lipinski definition) is 2. The molecule has 0 spiro atoms. The van der Waals surface area contributed by atoms with Crippen LogP contribution in [-0.4, -0.2) is 26.7 Å². The summed E-state index contributed by atoms with van der Waals surface area (Å²) in [5.74, 6) is 0. The third kappa shape index (κ3) is 6.66. The maximum absolute atomic E-state index is 3.46. The lowest BCUT2D eigenvalue weighted by Crippen LogP contribution is -2.20. The van der Waals surface area contributed by atoms with E-state index in [-0.39, 0.29) is 0 Å². The van der Waals surface area contributed by atoms with Gasteiger partial charge in [0.2, 0.25) is 0 Å². The second-order valence-electron chi connectivity index (χ2n) is 3.74. The van der Waals surface area contributed by atoms with Crippen LogP contribution in [0.5, 0.6) is 0 Å². The molecule has 3 heteroatoms. The third-order valence-corrected chi connectivity index (χ3v) is 3.32. The van der Waals surface area contributed by atoms with Crippen LogP contribution in [-0.2, 0) is 6.42 Å². The van der Waals surface area contributed by atoms with E-state index >= 15 is 0 Å². The Hall–Kier alpha value is -0.380. The first-order valence-corrected chi connectivity index (χ1v) is 6.69. The summed E-state index contributed by atoms with van der Waals surface area (Å²) < 4.78 is 0. The Morgan fingerprint density at radius 2 is 2.00 bits per heavy atom. The second-order valence-corrected chi connectivity index (χ2v) is 4.78. The van der Waals surface area contributed by atoms with E-state index in [0.29, 0.717) is 0 Å². The molecule has 86 valence electrons. The predicted molar refractivity (Wildman–Crippen MR) is 68.7 cm³/mol. The van der Waals surface area contributed by atoms with Crippen LogP contribution >= 0.6 is 11.3 Å². The van der Waals surface area contributed by atoms with Gasteiger partial charge in [-0.1, -0.05) is 6.07 Å². The normalized spacial score (nSPS) is 10.7. The van der Waals surface area contributed by atoms with Crippen molar-refractivity contribution in [2.75, 3.05) is 26.7 Å². The second kappa shape index (κ2) is 8.89. The van der Waals surface area contributed by atoms with Crippen LogP contribution < -0.4 is 10.6 Å². The highest BCUT2D eigenvalue weighted by Gasteiger charge is 1.93. The Labute approximate surface area is 97.1 Å². The molecule has 0 fully saturated rings. The van der Waals surface area contributed by atoms with E-state index in [1.165, 1.54) is 30.6 Å². The number of rotatable bonds is 9. The lowest BCUT2D eigenvalue weighted by atomic mass is 10.2. The minimum Gasteiger partial charge on any atom is -0.320 e. The number of hydrogen-bond acceptors (Lipinski definition) is 3. The Bertz CT molecular complexity index is 222. The van der Waals surface area contributed by atoms with Crippen molar-refractivity contribution in [3.05, 3.63) is 22.4 Å². The molecule has 1 aromatic rings. The molecule has 0 unspecified atom stereocenters. The van der Waals surface area contributed by atoms with E-state index in [0.717, 1.165) is 19.6 Å². The molecule has 0 radical (unpaired) electrons. The molecule has 0 aliphatic rings. The number of thiophene rings is 1. The standard InChI is InChI=1S/C12H22N2S/c1-13-8-5-10-14-9-3-2-6-12-7-4-11-15-12/h4,7,11,13-14H,2-3,5-6,8-10H2,1H3. The molecule has 0 saturated carbocycles. The summed E-state index contributed by atoms with van der Waals surface area (Å²) in [7, 11) is 2.00. The summed E-state index contributed by atoms with van der Waals surface area (Å²) in [5, 5.41) is 8.77. The van der Waals surface area contributed by atoms with Crippen molar-refractivity contribution in [1.82, 2.24) is 10.6 Å². The highest BCUT2D eigenvalue weighted by atomic mass is 32.1. The van der Waals surface area contributed by atoms with Gasteiger partial charge >= 0.3 is 0 Å². The van der Waals surface area contributed by atoms with E-state index < -0.39 is 0 Å². The zero-order chi connectivity index (χ0) is 10.8. The molecular weight excluding hydrogens is 204 g/mol. The molecule has 0 saturated heterocycles. The molecule has 2 nitrogen and oxygen atoms in total. The fourth-order valence-corrected chi connectivity index (χ4v) is 2.27. The van der Waals surface area contributed by atoms with E-state index in [2.05, 4.69) is 28.1 Å². The zero-order valence-electron chi connectivity index (χ0n) is 9.59. The Morgan fingerprint density at radius 3 is 2.73 bits per heavy atom. The zero-order valence-corrected chi connectivity index (χ0v) is 10.4. The Morgan fingerprint density at radius 1 is 1.13 bits per heavy atom. The molecule has 1 rings (SSSR count). The molecule has 0 aliphatic heterocycles. The third-order valence-electron chi connectivity index (χ3n) is 2.39. The van der Waals surface area contributed by atoms with E-state index in [4.69, 9.17) is 0 Å². The molecule has 0 bridgehead atoms. The summed E-state index contributed by atoms with van der Waals surface area (Å²) in [6, 6.07) is 4.36. The fourth-order valence-electron chi connectivity index (χ4n) is 1.52. The van der Waals surface area contributed by atoms with Gasteiger partial charge in [0.25, 0.3) is 0 Å². The van der Waals surface area contributed by atoms with Crippen LogP contribution in [0.25, 0.3) is 0 Å². The van der Waals surface area contributed by atoms with Gasteiger partial charge in [-0.05, 0) is 63.8 Å². The predicted octanol–water partition coefficient (Wildman–Crippen LogP) is 2.27. The topological polar surface area (TPSA) is 24.1 Å². The van der Waals surface area contributed by atoms with Gasteiger partial charge in [0.1, 0.15) is 0 Å². The average molecular weight is 226 g/mol. The van der Waals surface area contributed by atoms with Crippen LogP contribution in [0.2, 0.25) is 0 Å². The van der Waals surface area contributed by atoms with Crippen molar-refractivity contribution in [1.29, 1.82) is 0 Å². The van der Waals surface area contributed by atoms with Gasteiger partial charge in [0, 0.05) is 4.88 Å². The smallest absolute Gasteiger partial charge is 0.00452 e. The summed E-state index contributed by atoms with van der Waals surface area (Å²) >= 11 is 1.87. The van der Waals surface area contributed by atoms with Gasteiger partial charge in [-0.15, -0.1) is 11.3 Å². The number of aryl methyl sites for hydroxylation is 1. The summed E-state index contributed by atoms with van der Waals surface area (Å²) in [5.41, 5.74) is 0. The van der Waals surface area contributed by atoms with Gasteiger partial charge in [0.05, 0.1) is 0 Å². The van der Waals surface area contributed by atoms with Crippen LogP contribution in [0.3, 0.4) is 0 Å². The first-order valence-electron chi connectivity index (χ1n) is 5.81. The van der Waals surface area contributed by atoms with Crippen LogP contribution in [0.1, 0.15) is 24.1 Å². The van der Waals surface area contributed by atoms with E-state index in [1.807, 2.05) is 18.4 Å². The van der Waals surface area contributed by atoms with Gasteiger partial charge < -0.3 is 10.6 Å². The largest absolute Gasteiger partial charge is 0.320 e. The first kappa shape index (κ1) is 12.7. The molecule has 0 aromatic carbocycles. The summed E-state index contributed by atoms with van der Waals surface area (Å²) in [6.07, 6.45) is 5.06. The van der Waals surface area contributed by atoms with Crippen LogP contribution in [0, 0.1) is 0 Å². The van der Waals surface area contributed by atoms with Crippen molar-refractivity contribution in [2.24, 2.45) is 0 Å². The molecule has 0 aliphatic carbocycles. The van der Waals surface area contributed by atoms with Crippen molar-refractivity contribution in [2.45, 2.75) is 25.7 Å². The molecule has 2 N–H and O–H groups in total. The SMILES string of the molecule is CNCCCNCCCCc1cccs1. The lowest BCUT2D eigenvalue weighted by Gasteiger charge is -2.03. The monoisotopic (exact) mass is 226 g/mol. The molecule has 0 amide bonds. The maximum atomic E-state index is 3.46. The summed E-state index contributed by atoms with van der Waals surface area (Å²) in [6.45, 7) is 3.41. The van der Waals surface area contributed by atoms with Crippen molar-refractivity contribution in [3.8, 4) is 0 Å². The Balaban J connectivity index is 1.81. The summed E-state index contributed by atoms with van der Waals surface area (Å²) in [4.78, 5) is 1.52. The maximum Gasteiger partial charge on any atom is 0.00452 e. The van der Waals surface area contributed by atoms with Crippen molar-refractivity contribution >= 4 is 11.3 Å². The minimum absolute atomic E-state index is 1.11. The van der Waals surface area contributed by atoms with Gasteiger partial charge in [0.15, 0.2) is 0 Å². The molecular formula is C12H22N2S. The molecule has 1 heterocycles. The molecule has 15 heavy (non-hydrogen) atoms. The van der Waals surface area contributed by atoms with Gasteiger partial charge in [-0.25, -0.2) is 0 Å². The Kier molecular flexibility index (Phi) is 7.52. The van der Waals surface area contributed by atoms with Crippen molar-refractivity contribution < 1.29 is 0 Å². The van der Waals surface area contributed by atoms with Gasteiger partial charge in [-0.3, -0.25) is 0 Å². The van der Waals surface area contributed by atoms with E-state index in [9.17, 15) is 0 Å². The minimum atomic E-state index is 1.11. The van der Waals surface area contributed by atoms with Crippen molar-refractivity contribution in [3.63, 3.8) is 0 Å². The lowest BCUT2D eigenvalue weighted by molar-refractivity contribution is 0.593.